The van der Waals surface area contributed by atoms with E-state index in [4.69, 9.17) is 4.98 Å². The van der Waals surface area contributed by atoms with Crippen molar-refractivity contribution in [3.63, 3.8) is 0 Å². The third-order valence-electron chi connectivity index (χ3n) is 5.74. The van der Waals surface area contributed by atoms with Crippen molar-refractivity contribution >= 4 is 22.9 Å². The van der Waals surface area contributed by atoms with Gasteiger partial charge in [0.15, 0.2) is 0 Å². The Labute approximate surface area is 166 Å². The highest BCUT2D eigenvalue weighted by molar-refractivity contribution is 5.80. The first kappa shape index (κ1) is 18.5. The van der Waals surface area contributed by atoms with E-state index in [1.54, 1.807) is 0 Å². The maximum absolute atomic E-state index is 12.6. The SMILES string of the molecule is Cc1ccc2nc(N3CCC(C(=O)NC[C@H](C)c4ccccc4)CC3)[nH]c2c1. The lowest BCUT2D eigenvalue weighted by Crippen LogP contribution is -2.41. The molecule has 1 fully saturated rings. The van der Waals surface area contributed by atoms with E-state index < -0.39 is 0 Å². The summed E-state index contributed by atoms with van der Waals surface area (Å²) in [4.78, 5) is 23.0. The second-order valence-electron chi connectivity index (χ2n) is 7.90. The van der Waals surface area contributed by atoms with Crippen LogP contribution >= 0.6 is 0 Å². The van der Waals surface area contributed by atoms with E-state index in [1.165, 1.54) is 11.1 Å². The topological polar surface area (TPSA) is 61.0 Å². The van der Waals surface area contributed by atoms with Gasteiger partial charge in [-0.1, -0.05) is 43.3 Å². The molecular weight excluding hydrogens is 348 g/mol. The molecule has 0 radical (unpaired) electrons. The van der Waals surface area contributed by atoms with Crippen molar-refractivity contribution in [3.8, 4) is 0 Å². The Kier molecular flexibility index (Phi) is 5.33. The Morgan fingerprint density at radius 1 is 1.21 bits per heavy atom. The number of aryl methyl sites for hydroxylation is 1. The molecule has 4 rings (SSSR count). The average Bonchev–Trinajstić information content (AvgIpc) is 3.15. The van der Waals surface area contributed by atoms with Crippen molar-refractivity contribution in [2.75, 3.05) is 24.5 Å². The highest BCUT2D eigenvalue weighted by Gasteiger charge is 2.26. The van der Waals surface area contributed by atoms with Gasteiger partial charge in [0.05, 0.1) is 11.0 Å². The number of aromatic nitrogens is 2. The number of nitrogens with one attached hydrogen (secondary N) is 2. The maximum atomic E-state index is 12.6. The summed E-state index contributed by atoms with van der Waals surface area (Å²) in [7, 11) is 0. The molecule has 2 heterocycles. The molecule has 1 amide bonds. The largest absolute Gasteiger partial charge is 0.355 e. The highest BCUT2D eigenvalue weighted by atomic mass is 16.1. The van der Waals surface area contributed by atoms with Crippen LogP contribution in [0.5, 0.6) is 0 Å². The van der Waals surface area contributed by atoms with Gasteiger partial charge in [-0.3, -0.25) is 4.79 Å². The predicted molar refractivity (Wildman–Crippen MR) is 114 cm³/mol. The molecule has 3 aromatic rings. The molecule has 146 valence electrons. The number of rotatable bonds is 5. The zero-order valence-electron chi connectivity index (χ0n) is 16.6. The standard InChI is InChI=1S/C23H28N4O/c1-16-8-9-20-21(14-16)26-23(25-20)27-12-10-19(11-13-27)22(28)24-15-17(2)18-6-4-3-5-7-18/h3-9,14,17,19H,10-13,15H2,1-2H3,(H,24,28)(H,25,26)/t17-/m0/s1. The fourth-order valence-corrected chi connectivity index (χ4v) is 3.91. The summed E-state index contributed by atoms with van der Waals surface area (Å²) in [6, 6.07) is 16.6. The fourth-order valence-electron chi connectivity index (χ4n) is 3.91. The number of hydrogen-bond acceptors (Lipinski definition) is 3. The van der Waals surface area contributed by atoms with Crippen LogP contribution in [-0.4, -0.2) is 35.5 Å². The van der Waals surface area contributed by atoms with Crippen molar-refractivity contribution in [3.05, 3.63) is 59.7 Å². The van der Waals surface area contributed by atoms with Crippen molar-refractivity contribution in [2.24, 2.45) is 5.92 Å². The third-order valence-corrected chi connectivity index (χ3v) is 5.74. The summed E-state index contributed by atoms with van der Waals surface area (Å²) >= 11 is 0. The Balaban J connectivity index is 1.30. The molecule has 1 saturated heterocycles. The molecule has 0 unspecified atom stereocenters. The van der Waals surface area contributed by atoms with Crippen LogP contribution in [-0.2, 0) is 4.79 Å². The first-order valence-electron chi connectivity index (χ1n) is 10.1. The minimum atomic E-state index is 0.0887. The molecule has 28 heavy (non-hydrogen) atoms. The van der Waals surface area contributed by atoms with Gasteiger partial charge in [-0.15, -0.1) is 0 Å². The van der Waals surface area contributed by atoms with Crippen LogP contribution in [0.2, 0.25) is 0 Å². The number of aromatic amines is 1. The summed E-state index contributed by atoms with van der Waals surface area (Å²) in [5.41, 5.74) is 4.56. The van der Waals surface area contributed by atoms with Crippen molar-refractivity contribution in [2.45, 2.75) is 32.6 Å². The molecule has 0 saturated carbocycles. The van der Waals surface area contributed by atoms with Gasteiger partial charge in [0.2, 0.25) is 11.9 Å². The number of fused-ring (bicyclic) bond motifs is 1. The molecule has 2 aromatic carbocycles. The number of imidazole rings is 1. The summed E-state index contributed by atoms with van der Waals surface area (Å²) in [5, 5.41) is 3.15. The first-order chi connectivity index (χ1) is 13.6. The number of carbonyl (C=O) groups is 1. The third kappa shape index (κ3) is 4.03. The van der Waals surface area contributed by atoms with Crippen LogP contribution in [0.3, 0.4) is 0 Å². The monoisotopic (exact) mass is 376 g/mol. The molecule has 0 aliphatic carbocycles. The van der Waals surface area contributed by atoms with E-state index in [1.807, 2.05) is 18.2 Å². The number of hydrogen-bond donors (Lipinski definition) is 2. The van der Waals surface area contributed by atoms with Crippen molar-refractivity contribution in [1.29, 1.82) is 0 Å². The summed E-state index contributed by atoms with van der Waals surface area (Å²) in [6.45, 7) is 6.63. The van der Waals surface area contributed by atoms with Gasteiger partial charge in [0.25, 0.3) is 0 Å². The van der Waals surface area contributed by atoms with Gasteiger partial charge in [-0.25, -0.2) is 4.98 Å². The van der Waals surface area contributed by atoms with E-state index in [0.29, 0.717) is 12.5 Å². The average molecular weight is 377 g/mol. The number of nitrogens with zero attached hydrogens (tertiary/aromatic N) is 2. The van der Waals surface area contributed by atoms with Gasteiger partial charge in [-0.2, -0.15) is 0 Å². The van der Waals surface area contributed by atoms with E-state index in [9.17, 15) is 4.79 Å². The first-order valence-corrected chi connectivity index (χ1v) is 10.1. The normalized spacial score (nSPS) is 16.3. The zero-order valence-corrected chi connectivity index (χ0v) is 16.6. The van der Waals surface area contributed by atoms with E-state index >= 15 is 0 Å². The number of piperidine rings is 1. The summed E-state index contributed by atoms with van der Waals surface area (Å²) in [6.07, 6.45) is 1.73. The minimum Gasteiger partial charge on any atom is -0.355 e. The number of amides is 1. The number of anilines is 1. The van der Waals surface area contributed by atoms with Crippen LogP contribution in [0.25, 0.3) is 11.0 Å². The second kappa shape index (κ2) is 8.05. The van der Waals surface area contributed by atoms with E-state index in [2.05, 4.69) is 59.4 Å². The van der Waals surface area contributed by atoms with Gasteiger partial charge >= 0.3 is 0 Å². The number of carbonyl (C=O) groups excluding carboxylic acids is 1. The van der Waals surface area contributed by atoms with E-state index in [0.717, 1.165) is 42.9 Å². The molecule has 1 aliphatic heterocycles. The molecule has 0 spiro atoms. The molecule has 5 nitrogen and oxygen atoms in total. The maximum Gasteiger partial charge on any atom is 0.223 e. The lowest BCUT2D eigenvalue weighted by atomic mass is 9.95. The lowest BCUT2D eigenvalue weighted by Gasteiger charge is -2.31. The summed E-state index contributed by atoms with van der Waals surface area (Å²) < 4.78 is 0. The van der Waals surface area contributed by atoms with Crippen LogP contribution in [0.1, 0.15) is 36.8 Å². The van der Waals surface area contributed by atoms with Gasteiger partial charge < -0.3 is 15.2 Å². The molecule has 1 aliphatic rings. The Hall–Kier alpha value is -2.82. The molecule has 1 aromatic heterocycles. The number of benzene rings is 2. The fraction of sp³-hybridized carbons (Fsp3) is 0.391. The van der Waals surface area contributed by atoms with E-state index in [-0.39, 0.29) is 11.8 Å². The van der Waals surface area contributed by atoms with Crippen LogP contribution in [0.4, 0.5) is 5.95 Å². The predicted octanol–water partition coefficient (Wildman–Crippen LogP) is 4.01. The van der Waals surface area contributed by atoms with Crippen LogP contribution < -0.4 is 10.2 Å². The number of H-pyrrole nitrogens is 1. The van der Waals surface area contributed by atoms with Gasteiger partial charge in [0.1, 0.15) is 0 Å². The zero-order chi connectivity index (χ0) is 19.5. The Morgan fingerprint density at radius 2 is 1.96 bits per heavy atom. The minimum absolute atomic E-state index is 0.0887. The molecule has 1 atom stereocenters. The van der Waals surface area contributed by atoms with Crippen LogP contribution in [0.15, 0.2) is 48.5 Å². The Morgan fingerprint density at radius 3 is 2.71 bits per heavy atom. The molecule has 0 bridgehead atoms. The van der Waals surface area contributed by atoms with Gasteiger partial charge in [-0.05, 0) is 48.9 Å². The Bertz CT molecular complexity index is 942. The van der Waals surface area contributed by atoms with Gasteiger partial charge in [0, 0.05) is 25.6 Å². The highest BCUT2D eigenvalue weighted by Crippen LogP contribution is 2.24. The van der Waals surface area contributed by atoms with Crippen LogP contribution in [0, 0.1) is 12.8 Å². The molecule has 5 heteroatoms. The lowest BCUT2D eigenvalue weighted by molar-refractivity contribution is -0.125. The quantitative estimate of drug-likeness (QED) is 0.707. The smallest absolute Gasteiger partial charge is 0.223 e. The molecule has 2 N–H and O–H groups in total. The summed E-state index contributed by atoms with van der Waals surface area (Å²) in [5.74, 6) is 1.51. The second-order valence-corrected chi connectivity index (χ2v) is 7.90. The molecular formula is C23H28N4O. The van der Waals surface area contributed by atoms with Crippen molar-refractivity contribution in [1.82, 2.24) is 15.3 Å². The van der Waals surface area contributed by atoms with Crippen molar-refractivity contribution < 1.29 is 4.79 Å².